The van der Waals surface area contributed by atoms with Crippen molar-refractivity contribution in [3.05, 3.63) is 59.8 Å². The molecule has 1 unspecified atom stereocenters. The number of nitrogens with one attached hydrogen (secondary N) is 1. The van der Waals surface area contributed by atoms with E-state index in [0.717, 1.165) is 11.9 Å². The van der Waals surface area contributed by atoms with Gasteiger partial charge in [-0.15, -0.1) is 0 Å². The molecule has 1 aliphatic heterocycles. The van der Waals surface area contributed by atoms with Gasteiger partial charge in [-0.25, -0.2) is 9.67 Å². The second-order valence-corrected chi connectivity index (χ2v) is 6.61. The molecular weight excluding hydrogens is 373 g/mol. The Morgan fingerprint density at radius 3 is 2.86 bits per heavy atom. The van der Waals surface area contributed by atoms with Crippen LogP contribution in [-0.2, 0) is 30.5 Å². The molecule has 10 heteroatoms. The standard InChI is InChI=1S/C18H17F3N6O/c19-18(20,21)14-4-2-1-3-13(14)10-27-15(5-7-23-27)25-17(28)12-6-8-26-16(9-12)22-11-24-26/h1-5,7,11-12H,6,8-10H2,(H,25,28). The van der Waals surface area contributed by atoms with Crippen molar-refractivity contribution in [3.63, 3.8) is 0 Å². The fourth-order valence-corrected chi connectivity index (χ4v) is 3.35. The Balaban J connectivity index is 1.49. The van der Waals surface area contributed by atoms with Crippen LogP contribution in [0.25, 0.3) is 0 Å². The second kappa shape index (κ2) is 7.10. The van der Waals surface area contributed by atoms with E-state index in [2.05, 4.69) is 20.5 Å². The average Bonchev–Trinajstić information content (AvgIpc) is 3.30. The maximum Gasteiger partial charge on any atom is 0.416 e. The molecule has 0 saturated heterocycles. The molecule has 0 spiro atoms. The first kappa shape index (κ1) is 18.2. The number of halogens is 3. The molecule has 0 saturated carbocycles. The zero-order valence-electron chi connectivity index (χ0n) is 14.7. The Labute approximate surface area is 158 Å². The molecule has 0 aliphatic carbocycles. The van der Waals surface area contributed by atoms with E-state index >= 15 is 0 Å². The molecule has 1 amide bonds. The van der Waals surface area contributed by atoms with Crippen LogP contribution < -0.4 is 5.32 Å². The third kappa shape index (κ3) is 3.62. The van der Waals surface area contributed by atoms with E-state index in [1.54, 1.807) is 16.8 Å². The zero-order chi connectivity index (χ0) is 19.7. The number of aryl methyl sites for hydroxylation is 1. The number of carbonyl (C=O) groups is 1. The van der Waals surface area contributed by atoms with Crippen LogP contribution in [0.2, 0.25) is 0 Å². The van der Waals surface area contributed by atoms with Crippen molar-refractivity contribution < 1.29 is 18.0 Å². The smallest absolute Gasteiger partial charge is 0.311 e. The number of nitrogens with zero attached hydrogens (tertiary/aromatic N) is 5. The highest BCUT2D eigenvalue weighted by Crippen LogP contribution is 2.32. The normalized spacial score (nSPS) is 16.6. The number of anilines is 1. The lowest BCUT2D eigenvalue weighted by atomic mass is 9.97. The van der Waals surface area contributed by atoms with Crippen LogP contribution in [0.1, 0.15) is 23.4 Å². The predicted octanol–water partition coefficient (Wildman–Crippen LogP) is 2.74. The maximum atomic E-state index is 13.2. The summed E-state index contributed by atoms with van der Waals surface area (Å²) in [6.45, 7) is 0.503. The summed E-state index contributed by atoms with van der Waals surface area (Å²) < 4.78 is 42.8. The highest BCUT2D eigenvalue weighted by atomic mass is 19.4. The third-order valence-corrected chi connectivity index (χ3v) is 4.80. The molecule has 3 aromatic rings. The number of hydrogen-bond donors (Lipinski definition) is 1. The summed E-state index contributed by atoms with van der Waals surface area (Å²) in [4.78, 5) is 16.8. The van der Waals surface area contributed by atoms with Crippen LogP contribution in [0.4, 0.5) is 19.0 Å². The summed E-state index contributed by atoms with van der Waals surface area (Å²) >= 11 is 0. The molecule has 28 heavy (non-hydrogen) atoms. The van der Waals surface area contributed by atoms with Crippen LogP contribution in [0.15, 0.2) is 42.9 Å². The van der Waals surface area contributed by atoms with Gasteiger partial charge in [0.2, 0.25) is 5.91 Å². The van der Waals surface area contributed by atoms with Gasteiger partial charge in [0.25, 0.3) is 0 Å². The zero-order valence-corrected chi connectivity index (χ0v) is 14.7. The first-order valence-electron chi connectivity index (χ1n) is 8.76. The Morgan fingerprint density at radius 1 is 1.21 bits per heavy atom. The van der Waals surface area contributed by atoms with Gasteiger partial charge in [0.05, 0.1) is 18.3 Å². The summed E-state index contributed by atoms with van der Waals surface area (Å²) in [7, 11) is 0. The van der Waals surface area contributed by atoms with E-state index in [-0.39, 0.29) is 23.9 Å². The second-order valence-electron chi connectivity index (χ2n) is 6.61. The average molecular weight is 390 g/mol. The molecule has 2 aromatic heterocycles. The number of aromatic nitrogens is 5. The number of benzene rings is 1. The molecule has 146 valence electrons. The predicted molar refractivity (Wildman–Crippen MR) is 93.2 cm³/mol. The highest BCUT2D eigenvalue weighted by Gasteiger charge is 2.33. The Kier molecular flexibility index (Phi) is 4.62. The molecule has 4 rings (SSSR count). The van der Waals surface area contributed by atoms with Gasteiger partial charge in [-0.2, -0.15) is 23.4 Å². The van der Waals surface area contributed by atoms with Gasteiger partial charge in [-0.1, -0.05) is 18.2 Å². The van der Waals surface area contributed by atoms with Crippen molar-refractivity contribution in [1.82, 2.24) is 24.5 Å². The molecule has 0 bridgehead atoms. The lowest BCUT2D eigenvalue weighted by Crippen LogP contribution is -2.31. The minimum absolute atomic E-state index is 0.0833. The summed E-state index contributed by atoms with van der Waals surface area (Å²) in [6, 6.07) is 6.91. The summed E-state index contributed by atoms with van der Waals surface area (Å²) in [5.74, 6) is 0.621. The van der Waals surface area contributed by atoms with Gasteiger partial charge in [0.1, 0.15) is 18.0 Å². The number of carbonyl (C=O) groups excluding carboxylic acids is 1. The van der Waals surface area contributed by atoms with Crippen LogP contribution in [0, 0.1) is 5.92 Å². The van der Waals surface area contributed by atoms with Gasteiger partial charge in [-0.3, -0.25) is 9.48 Å². The Morgan fingerprint density at radius 2 is 2.04 bits per heavy atom. The number of rotatable bonds is 4. The van der Waals surface area contributed by atoms with Crippen LogP contribution in [-0.4, -0.2) is 30.5 Å². The van der Waals surface area contributed by atoms with Gasteiger partial charge in [0.15, 0.2) is 0 Å². The van der Waals surface area contributed by atoms with Crippen LogP contribution in [0.3, 0.4) is 0 Å². The van der Waals surface area contributed by atoms with Gasteiger partial charge < -0.3 is 5.32 Å². The SMILES string of the molecule is O=C(Nc1ccnn1Cc1ccccc1C(F)(F)F)C1CCn2ncnc2C1. The number of fused-ring (bicyclic) bond motifs is 1. The lowest BCUT2D eigenvalue weighted by Gasteiger charge is -2.21. The molecule has 0 fully saturated rings. The van der Waals surface area contributed by atoms with E-state index in [0.29, 0.717) is 25.2 Å². The minimum atomic E-state index is -4.45. The summed E-state index contributed by atoms with van der Waals surface area (Å²) in [5.41, 5.74) is -0.630. The highest BCUT2D eigenvalue weighted by molar-refractivity contribution is 5.91. The van der Waals surface area contributed by atoms with Gasteiger partial charge >= 0.3 is 6.18 Å². The molecule has 0 radical (unpaired) electrons. The topological polar surface area (TPSA) is 77.6 Å². The van der Waals surface area contributed by atoms with E-state index in [4.69, 9.17) is 0 Å². The summed E-state index contributed by atoms with van der Waals surface area (Å²) in [6.07, 6.45) is -0.457. The first-order valence-corrected chi connectivity index (χ1v) is 8.76. The summed E-state index contributed by atoms with van der Waals surface area (Å²) in [5, 5.41) is 10.9. The lowest BCUT2D eigenvalue weighted by molar-refractivity contribution is -0.138. The molecule has 3 heterocycles. The van der Waals surface area contributed by atoms with Crippen LogP contribution >= 0.6 is 0 Å². The molecule has 1 aromatic carbocycles. The molecule has 7 nitrogen and oxygen atoms in total. The number of hydrogen-bond acceptors (Lipinski definition) is 4. The van der Waals surface area contributed by atoms with E-state index in [1.807, 2.05) is 0 Å². The van der Waals surface area contributed by atoms with E-state index in [9.17, 15) is 18.0 Å². The molecule has 1 aliphatic rings. The molecule has 1 atom stereocenters. The number of amides is 1. The van der Waals surface area contributed by atoms with E-state index < -0.39 is 11.7 Å². The van der Waals surface area contributed by atoms with Gasteiger partial charge in [0, 0.05) is 24.9 Å². The first-order chi connectivity index (χ1) is 13.4. The van der Waals surface area contributed by atoms with Crippen molar-refractivity contribution in [3.8, 4) is 0 Å². The van der Waals surface area contributed by atoms with Crippen molar-refractivity contribution in [2.24, 2.45) is 5.92 Å². The fourth-order valence-electron chi connectivity index (χ4n) is 3.35. The third-order valence-electron chi connectivity index (χ3n) is 4.80. The van der Waals surface area contributed by atoms with Gasteiger partial charge in [-0.05, 0) is 18.1 Å². The quantitative estimate of drug-likeness (QED) is 0.743. The van der Waals surface area contributed by atoms with Crippen molar-refractivity contribution in [2.75, 3.05) is 5.32 Å². The fraction of sp³-hybridized carbons (Fsp3) is 0.333. The molecule has 1 N–H and O–H groups in total. The van der Waals surface area contributed by atoms with Crippen LogP contribution in [0.5, 0.6) is 0 Å². The monoisotopic (exact) mass is 390 g/mol. The minimum Gasteiger partial charge on any atom is -0.311 e. The van der Waals surface area contributed by atoms with Crippen molar-refractivity contribution in [2.45, 2.75) is 32.1 Å². The van der Waals surface area contributed by atoms with E-state index in [1.165, 1.54) is 29.3 Å². The van der Waals surface area contributed by atoms with Crippen molar-refractivity contribution in [1.29, 1.82) is 0 Å². The molecular formula is C18H17F3N6O. The Hall–Kier alpha value is -3.17. The maximum absolute atomic E-state index is 13.2. The largest absolute Gasteiger partial charge is 0.416 e. The Bertz CT molecular complexity index is 993. The van der Waals surface area contributed by atoms with Crippen molar-refractivity contribution >= 4 is 11.7 Å². The number of alkyl halides is 3.